The van der Waals surface area contributed by atoms with Crippen molar-refractivity contribution in [1.29, 1.82) is 0 Å². The first-order valence-corrected chi connectivity index (χ1v) is 7.12. The summed E-state index contributed by atoms with van der Waals surface area (Å²) in [5.41, 5.74) is 7.52. The molecule has 0 aliphatic heterocycles. The Morgan fingerprint density at radius 3 is 2.33 bits per heavy atom. The second kappa shape index (κ2) is 5.76. The van der Waals surface area contributed by atoms with E-state index in [1.54, 1.807) is 0 Å². The molecular weight excluding hydrogens is 358 g/mol. The molecule has 2 rings (SSSR count). The fourth-order valence-corrected chi connectivity index (χ4v) is 2.74. The first-order valence-electron chi connectivity index (χ1n) is 5.53. The molecule has 0 amide bonds. The van der Waals surface area contributed by atoms with Crippen molar-refractivity contribution in [3.63, 3.8) is 0 Å². The molecule has 2 nitrogen and oxygen atoms in total. The Labute approximate surface area is 123 Å². The predicted octanol–water partition coefficient (Wildman–Crippen LogP) is 4.93. The quantitative estimate of drug-likeness (QED) is 0.777. The highest BCUT2D eigenvalue weighted by Gasteiger charge is 2.09. The summed E-state index contributed by atoms with van der Waals surface area (Å²) < 4.78 is 7.86. The van der Waals surface area contributed by atoms with Crippen molar-refractivity contribution in [3.8, 4) is 5.75 Å². The highest BCUT2D eigenvalue weighted by molar-refractivity contribution is 9.11. The van der Waals surface area contributed by atoms with Crippen LogP contribution in [0, 0.1) is 0 Å². The van der Waals surface area contributed by atoms with Crippen LogP contribution in [-0.2, 0) is 0 Å². The first kappa shape index (κ1) is 13.4. The fourth-order valence-electron chi connectivity index (χ4n) is 1.60. The van der Waals surface area contributed by atoms with Gasteiger partial charge in [-0.3, -0.25) is 0 Å². The molecule has 2 N–H and O–H groups in total. The summed E-state index contributed by atoms with van der Waals surface area (Å²) in [7, 11) is 0. The molecule has 1 unspecified atom stereocenters. The van der Waals surface area contributed by atoms with Crippen LogP contribution in [0.5, 0.6) is 5.75 Å². The molecule has 2 aromatic rings. The molecule has 2 aromatic carbocycles. The number of ether oxygens (including phenoxy) is 1. The van der Waals surface area contributed by atoms with Crippen LogP contribution in [0.1, 0.15) is 18.6 Å². The van der Waals surface area contributed by atoms with Crippen LogP contribution in [0.3, 0.4) is 0 Å². The van der Waals surface area contributed by atoms with E-state index in [0.29, 0.717) is 0 Å². The molecule has 1 atom stereocenters. The zero-order valence-corrected chi connectivity index (χ0v) is 13.0. The molecule has 0 aliphatic carbocycles. The average molecular weight is 371 g/mol. The van der Waals surface area contributed by atoms with E-state index in [2.05, 4.69) is 31.9 Å². The van der Waals surface area contributed by atoms with Crippen LogP contribution in [-0.4, -0.2) is 0 Å². The highest BCUT2D eigenvalue weighted by atomic mass is 79.9. The molecule has 0 aliphatic rings. The van der Waals surface area contributed by atoms with Gasteiger partial charge in [0.05, 0.1) is 4.47 Å². The van der Waals surface area contributed by atoms with Crippen LogP contribution in [0.4, 0.5) is 5.69 Å². The Kier molecular flexibility index (Phi) is 4.30. The number of rotatable bonds is 3. The van der Waals surface area contributed by atoms with Crippen LogP contribution in [0.15, 0.2) is 51.4 Å². The molecule has 18 heavy (non-hydrogen) atoms. The van der Waals surface area contributed by atoms with Crippen molar-refractivity contribution in [3.05, 3.63) is 57.0 Å². The van der Waals surface area contributed by atoms with Gasteiger partial charge in [0.15, 0.2) is 0 Å². The molecule has 0 fully saturated rings. The third-order valence-electron chi connectivity index (χ3n) is 2.60. The van der Waals surface area contributed by atoms with Gasteiger partial charge in [-0.15, -0.1) is 0 Å². The van der Waals surface area contributed by atoms with Gasteiger partial charge in [-0.2, -0.15) is 0 Å². The van der Waals surface area contributed by atoms with Crippen molar-refractivity contribution in [2.75, 3.05) is 5.73 Å². The normalized spacial score (nSPS) is 12.2. The van der Waals surface area contributed by atoms with E-state index in [4.69, 9.17) is 10.5 Å². The van der Waals surface area contributed by atoms with Crippen molar-refractivity contribution in [2.45, 2.75) is 13.0 Å². The molecule has 0 spiro atoms. The summed E-state index contributed by atoms with van der Waals surface area (Å²) in [6, 6.07) is 13.6. The molecule has 0 saturated heterocycles. The summed E-state index contributed by atoms with van der Waals surface area (Å²) in [5, 5.41) is 0. The van der Waals surface area contributed by atoms with Crippen LogP contribution < -0.4 is 10.5 Å². The van der Waals surface area contributed by atoms with Crippen LogP contribution in [0.25, 0.3) is 0 Å². The minimum Gasteiger partial charge on any atom is -0.485 e. The summed E-state index contributed by atoms with van der Waals surface area (Å²) in [6.07, 6.45) is -0.0249. The van der Waals surface area contributed by atoms with E-state index in [-0.39, 0.29) is 6.10 Å². The van der Waals surface area contributed by atoms with Gasteiger partial charge in [0.2, 0.25) is 0 Å². The molecule has 4 heteroatoms. The van der Waals surface area contributed by atoms with Crippen molar-refractivity contribution in [1.82, 2.24) is 0 Å². The molecule has 0 radical (unpaired) electrons. The Morgan fingerprint density at radius 2 is 1.72 bits per heavy atom. The lowest BCUT2D eigenvalue weighted by atomic mass is 10.1. The number of hydrogen-bond acceptors (Lipinski definition) is 2. The number of benzene rings is 2. The maximum Gasteiger partial charge on any atom is 0.134 e. The minimum atomic E-state index is -0.0249. The summed E-state index contributed by atoms with van der Waals surface area (Å²) in [5.74, 6) is 0.822. The van der Waals surface area contributed by atoms with Crippen LogP contribution in [0.2, 0.25) is 0 Å². The Balaban J connectivity index is 2.15. The number of nitrogens with two attached hydrogens (primary N) is 1. The first-order chi connectivity index (χ1) is 8.56. The zero-order valence-electron chi connectivity index (χ0n) is 9.86. The van der Waals surface area contributed by atoms with Gasteiger partial charge in [0, 0.05) is 10.2 Å². The Morgan fingerprint density at radius 1 is 1.06 bits per heavy atom. The van der Waals surface area contributed by atoms with Crippen molar-refractivity contribution in [2.24, 2.45) is 0 Å². The molecule has 0 heterocycles. The third kappa shape index (κ3) is 3.27. The number of hydrogen-bond donors (Lipinski definition) is 1. The standard InChI is InChI=1S/C14H13Br2NO/c1-9(10-2-5-12(17)6-3-10)18-14-7-4-11(15)8-13(14)16/h2-9H,17H2,1H3. The van der Waals surface area contributed by atoms with E-state index >= 15 is 0 Å². The maximum absolute atomic E-state index is 5.92. The third-order valence-corrected chi connectivity index (χ3v) is 3.72. The molecule has 94 valence electrons. The van der Waals surface area contributed by atoms with Crippen LogP contribution >= 0.6 is 31.9 Å². The van der Waals surface area contributed by atoms with Crippen molar-refractivity contribution >= 4 is 37.5 Å². The van der Waals surface area contributed by atoms with Gasteiger partial charge in [-0.1, -0.05) is 28.1 Å². The highest BCUT2D eigenvalue weighted by Crippen LogP contribution is 2.31. The SMILES string of the molecule is CC(Oc1ccc(Br)cc1Br)c1ccc(N)cc1. The largest absolute Gasteiger partial charge is 0.485 e. The van der Waals surface area contributed by atoms with E-state index < -0.39 is 0 Å². The smallest absolute Gasteiger partial charge is 0.134 e. The lowest BCUT2D eigenvalue weighted by molar-refractivity contribution is 0.225. The number of halogens is 2. The van der Waals surface area contributed by atoms with Gasteiger partial charge in [0.25, 0.3) is 0 Å². The number of anilines is 1. The topological polar surface area (TPSA) is 35.2 Å². The lowest BCUT2D eigenvalue weighted by Gasteiger charge is -2.16. The predicted molar refractivity (Wildman–Crippen MR) is 81.7 cm³/mol. The van der Waals surface area contributed by atoms with Gasteiger partial charge < -0.3 is 10.5 Å². The van der Waals surface area contributed by atoms with E-state index in [1.807, 2.05) is 49.4 Å². The van der Waals surface area contributed by atoms with E-state index in [1.165, 1.54) is 0 Å². The second-order valence-electron chi connectivity index (χ2n) is 4.00. The van der Waals surface area contributed by atoms with E-state index in [0.717, 1.165) is 25.9 Å². The molecular formula is C14H13Br2NO. The monoisotopic (exact) mass is 369 g/mol. The lowest BCUT2D eigenvalue weighted by Crippen LogP contribution is -2.03. The molecule has 0 saturated carbocycles. The molecule has 0 aromatic heterocycles. The summed E-state index contributed by atoms with van der Waals surface area (Å²) >= 11 is 6.90. The fraction of sp³-hybridized carbons (Fsp3) is 0.143. The Hall–Kier alpha value is -1.00. The van der Waals surface area contributed by atoms with Gasteiger partial charge in [-0.25, -0.2) is 0 Å². The van der Waals surface area contributed by atoms with Gasteiger partial charge in [0.1, 0.15) is 11.9 Å². The van der Waals surface area contributed by atoms with Gasteiger partial charge >= 0.3 is 0 Å². The summed E-state index contributed by atoms with van der Waals surface area (Å²) in [6.45, 7) is 2.01. The molecule has 0 bridgehead atoms. The number of nitrogen functional groups attached to an aromatic ring is 1. The Bertz CT molecular complexity index is 540. The van der Waals surface area contributed by atoms with Crippen molar-refractivity contribution < 1.29 is 4.74 Å². The average Bonchev–Trinajstić information content (AvgIpc) is 2.33. The van der Waals surface area contributed by atoms with E-state index in [9.17, 15) is 0 Å². The summed E-state index contributed by atoms with van der Waals surface area (Å²) in [4.78, 5) is 0. The second-order valence-corrected chi connectivity index (χ2v) is 5.77. The maximum atomic E-state index is 5.92. The zero-order chi connectivity index (χ0) is 13.1. The van der Waals surface area contributed by atoms with Gasteiger partial charge in [-0.05, 0) is 58.7 Å². The minimum absolute atomic E-state index is 0.0249.